The molecule has 2 aromatic heterocycles. The third kappa shape index (κ3) is 4.11. The van der Waals surface area contributed by atoms with E-state index in [0.29, 0.717) is 0 Å². The van der Waals surface area contributed by atoms with Crippen LogP contribution < -0.4 is 10.7 Å². The van der Waals surface area contributed by atoms with E-state index >= 15 is 0 Å². The number of hydrogen-bond acceptors (Lipinski definition) is 3. The number of aromatic nitrogens is 2. The average Bonchev–Trinajstić information content (AvgIpc) is 3.89. The molecule has 0 saturated heterocycles. The second kappa shape index (κ2) is 10.8. The number of benzene rings is 7. The molecule has 0 aliphatic carbocycles. The number of aromatic amines is 1. The Labute approximate surface area is 293 Å². The highest BCUT2D eigenvalue weighted by Crippen LogP contribution is 2.52. The molecule has 0 spiro atoms. The Morgan fingerprint density at radius 1 is 0.412 bits per heavy atom. The molecule has 9 aromatic rings. The van der Waals surface area contributed by atoms with E-state index in [1.807, 2.05) is 6.20 Å². The van der Waals surface area contributed by atoms with Crippen LogP contribution in [0.1, 0.15) is 0 Å². The number of hydrogen-bond donors (Lipinski definition) is 1. The first-order valence-electron chi connectivity index (χ1n) is 17.3. The van der Waals surface area contributed by atoms with Gasteiger partial charge in [-0.15, -0.1) is 0 Å². The summed E-state index contributed by atoms with van der Waals surface area (Å²) in [6, 6.07) is 55.7. The molecule has 0 bridgehead atoms. The van der Waals surface area contributed by atoms with Crippen molar-refractivity contribution in [1.82, 2.24) is 9.97 Å². The second-order valence-electron chi connectivity index (χ2n) is 13.2. The van der Waals surface area contributed by atoms with E-state index in [9.17, 15) is 0 Å². The highest BCUT2D eigenvalue weighted by Gasteiger charge is 2.30. The van der Waals surface area contributed by atoms with Crippen LogP contribution in [0.5, 0.6) is 0 Å². The normalized spacial score (nSPS) is 12.2. The van der Waals surface area contributed by atoms with E-state index in [-0.39, 0.29) is 0 Å². The molecule has 2 aliphatic heterocycles. The molecule has 0 saturated carbocycles. The van der Waals surface area contributed by atoms with Crippen LogP contribution in [0.25, 0.3) is 77.6 Å². The fourth-order valence-electron chi connectivity index (χ4n) is 8.21. The van der Waals surface area contributed by atoms with Crippen LogP contribution in [0.4, 0.5) is 11.4 Å². The van der Waals surface area contributed by atoms with Crippen LogP contribution in [0, 0.1) is 10.4 Å². The lowest BCUT2D eigenvalue weighted by Crippen LogP contribution is -2.02. The fourth-order valence-corrected chi connectivity index (χ4v) is 8.21. The van der Waals surface area contributed by atoms with E-state index in [1.165, 1.54) is 10.8 Å². The van der Waals surface area contributed by atoms with Crippen molar-refractivity contribution in [3.63, 3.8) is 0 Å². The summed E-state index contributed by atoms with van der Waals surface area (Å²) in [4.78, 5) is 19.6. The SMILES string of the molecule is c1ccc(-c2ccnc(-c3c(-c4ccccc4)ccc4c3-c3c5c(ccc3=N4)=c3ccccc3=N5)c2-c2cccc3c2[nH]c2ccccc23)cc1. The minimum absolute atomic E-state index is 0.911. The van der Waals surface area contributed by atoms with Crippen molar-refractivity contribution in [2.45, 2.75) is 0 Å². The molecule has 0 radical (unpaired) electrons. The number of para-hydroxylation sites is 3. The quantitative estimate of drug-likeness (QED) is 0.203. The Hall–Kier alpha value is -6.91. The minimum atomic E-state index is 0.911. The van der Waals surface area contributed by atoms with Gasteiger partial charge in [0.2, 0.25) is 0 Å². The number of rotatable bonds is 4. The Bertz CT molecular complexity index is 3130. The molecule has 1 N–H and O–H groups in total. The first-order valence-corrected chi connectivity index (χ1v) is 17.3. The molecule has 0 atom stereocenters. The van der Waals surface area contributed by atoms with Crippen molar-refractivity contribution in [1.29, 1.82) is 0 Å². The number of nitrogens with zero attached hydrogens (tertiary/aromatic N) is 3. The van der Waals surface area contributed by atoms with Gasteiger partial charge in [0, 0.05) is 60.7 Å². The topological polar surface area (TPSA) is 53.4 Å². The summed E-state index contributed by atoms with van der Waals surface area (Å²) in [6.45, 7) is 0. The molecular formula is C47H28N4. The van der Waals surface area contributed by atoms with E-state index in [1.54, 1.807) is 0 Å². The summed E-state index contributed by atoms with van der Waals surface area (Å²) in [7, 11) is 0. The smallest absolute Gasteiger partial charge is 0.0817 e. The molecular weight excluding hydrogens is 621 g/mol. The predicted octanol–water partition coefficient (Wildman–Crippen LogP) is 10.9. The molecule has 0 fully saturated rings. The van der Waals surface area contributed by atoms with Gasteiger partial charge in [0.05, 0.1) is 33.3 Å². The van der Waals surface area contributed by atoms with Gasteiger partial charge in [-0.3, -0.25) is 4.98 Å². The molecule has 51 heavy (non-hydrogen) atoms. The number of fused-ring (bicyclic) bond motifs is 9. The maximum absolute atomic E-state index is 5.36. The zero-order valence-corrected chi connectivity index (χ0v) is 27.4. The third-order valence-corrected chi connectivity index (χ3v) is 10.4. The third-order valence-electron chi connectivity index (χ3n) is 10.4. The summed E-state index contributed by atoms with van der Waals surface area (Å²) in [5, 5.41) is 6.61. The van der Waals surface area contributed by atoms with Crippen molar-refractivity contribution in [2.75, 3.05) is 0 Å². The van der Waals surface area contributed by atoms with Gasteiger partial charge in [0.1, 0.15) is 0 Å². The van der Waals surface area contributed by atoms with Gasteiger partial charge in [-0.05, 0) is 58.7 Å². The van der Waals surface area contributed by atoms with E-state index in [4.69, 9.17) is 15.0 Å². The minimum Gasteiger partial charge on any atom is -0.354 e. The van der Waals surface area contributed by atoms with Crippen LogP contribution in [0.3, 0.4) is 0 Å². The van der Waals surface area contributed by atoms with Gasteiger partial charge >= 0.3 is 0 Å². The van der Waals surface area contributed by atoms with Gasteiger partial charge in [-0.25, -0.2) is 9.98 Å². The van der Waals surface area contributed by atoms with Gasteiger partial charge in [0.25, 0.3) is 0 Å². The largest absolute Gasteiger partial charge is 0.354 e. The summed E-state index contributed by atoms with van der Waals surface area (Å²) in [6.07, 6.45) is 1.96. The summed E-state index contributed by atoms with van der Waals surface area (Å²) in [5.74, 6) is 0. The van der Waals surface area contributed by atoms with E-state index < -0.39 is 0 Å². The van der Waals surface area contributed by atoms with Crippen molar-refractivity contribution < 1.29 is 0 Å². The highest BCUT2D eigenvalue weighted by molar-refractivity contribution is 6.15. The van der Waals surface area contributed by atoms with Crippen molar-refractivity contribution in [2.24, 2.45) is 9.98 Å². The lowest BCUT2D eigenvalue weighted by molar-refractivity contribution is 1.32. The molecule has 0 amide bonds. The average molecular weight is 649 g/mol. The second-order valence-corrected chi connectivity index (χ2v) is 13.2. The molecule has 11 rings (SSSR count). The van der Waals surface area contributed by atoms with Crippen molar-refractivity contribution in [3.05, 3.63) is 185 Å². The molecule has 2 aliphatic rings. The van der Waals surface area contributed by atoms with Crippen LogP contribution >= 0.6 is 0 Å². The number of nitrogens with one attached hydrogen (secondary N) is 1. The van der Waals surface area contributed by atoms with Crippen LogP contribution in [0.2, 0.25) is 0 Å². The summed E-state index contributed by atoms with van der Waals surface area (Å²) in [5.41, 5.74) is 14.9. The van der Waals surface area contributed by atoms with E-state index in [2.05, 4.69) is 163 Å². The first kappa shape index (κ1) is 28.0. The van der Waals surface area contributed by atoms with Gasteiger partial charge in [0.15, 0.2) is 0 Å². The van der Waals surface area contributed by atoms with E-state index in [0.717, 1.165) is 99.3 Å². The van der Waals surface area contributed by atoms with Crippen molar-refractivity contribution >= 4 is 33.2 Å². The predicted molar refractivity (Wildman–Crippen MR) is 207 cm³/mol. The van der Waals surface area contributed by atoms with Crippen LogP contribution in [-0.2, 0) is 0 Å². The maximum Gasteiger partial charge on any atom is 0.0817 e. The van der Waals surface area contributed by atoms with Gasteiger partial charge in [-0.1, -0.05) is 121 Å². The molecule has 4 heteroatoms. The lowest BCUT2D eigenvalue weighted by atomic mass is 9.83. The number of pyridine rings is 1. The molecule has 4 heterocycles. The Balaban J connectivity index is 1.31. The van der Waals surface area contributed by atoms with Gasteiger partial charge < -0.3 is 4.98 Å². The number of H-pyrrole nitrogens is 1. The standard InChI is InChI=1S/C47H28N4/c1-3-12-28(13-4-1)30-22-24-39-43(44-40(49-39)25-23-35-33-17-8-10-21-38(33)51-46(35)44)42(30)47-41(31(26-27-48-47)29-14-5-2-6-15-29)36-19-11-18-34-32-16-7-9-20-37(32)50-45(34)36/h1-27,50H. The monoisotopic (exact) mass is 648 g/mol. The fraction of sp³-hybridized carbons (Fsp3) is 0. The maximum atomic E-state index is 5.36. The molecule has 236 valence electrons. The molecule has 7 aromatic carbocycles. The Kier molecular flexibility index (Phi) is 5.92. The van der Waals surface area contributed by atoms with Crippen LogP contribution in [-0.4, -0.2) is 9.97 Å². The van der Waals surface area contributed by atoms with Crippen molar-refractivity contribution in [3.8, 4) is 55.8 Å². The zero-order chi connectivity index (χ0) is 33.5. The Morgan fingerprint density at radius 3 is 1.98 bits per heavy atom. The van der Waals surface area contributed by atoms with Crippen LogP contribution in [0.15, 0.2) is 174 Å². The lowest BCUT2D eigenvalue weighted by Gasteiger charge is -2.21. The molecule has 4 nitrogen and oxygen atoms in total. The zero-order valence-electron chi connectivity index (χ0n) is 27.4. The Morgan fingerprint density at radius 2 is 1.14 bits per heavy atom. The first-order chi connectivity index (χ1) is 25.3. The molecule has 0 unspecified atom stereocenters. The highest BCUT2D eigenvalue weighted by atomic mass is 14.8. The summed E-state index contributed by atoms with van der Waals surface area (Å²) >= 11 is 0. The summed E-state index contributed by atoms with van der Waals surface area (Å²) < 4.78 is 0. The van der Waals surface area contributed by atoms with Gasteiger partial charge in [-0.2, -0.15) is 0 Å².